The number of carbonyl (C=O) groups is 1. The van der Waals surface area contributed by atoms with Gasteiger partial charge in [0.25, 0.3) is 7.82 Å². The van der Waals surface area contributed by atoms with Gasteiger partial charge >= 0.3 is 0 Å². The molecule has 0 fully saturated rings. The van der Waals surface area contributed by atoms with Gasteiger partial charge < -0.3 is 28.8 Å². The van der Waals surface area contributed by atoms with Crippen molar-refractivity contribution < 1.29 is 32.9 Å². The van der Waals surface area contributed by atoms with Gasteiger partial charge in [-0.3, -0.25) is 9.36 Å². The monoisotopic (exact) mass is 871 g/mol. The van der Waals surface area contributed by atoms with E-state index in [2.05, 4.69) is 104 Å². The highest BCUT2D eigenvalue weighted by atomic mass is 31.2. The summed E-state index contributed by atoms with van der Waals surface area (Å²) in [5.41, 5.74) is 0. The number of aliphatic hydroxyl groups is 1. The van der Waals surface area contributed by atoms with Crippen LogP contribution in [0.15, 0.2) is 97.2 Å². The predicted molar refractivity (Wildman–Crippen MR) is 260 cm³/mol. The number of likely N-dealkylation sites (N-methyl/N-ethyl adjacent to an activating group) is 1. The molecular weight excluding hydrogens is 780 g/mol. The molecule has 61 heavy (non-hydrogen) atoms. The van der Waals surface area contributed by atoms with E-state index in [1.807, 2.05) is 27.2 Å². The van der Waals surface area contributed by atoms with Crippen LogP contribution in [0.1, 0.15) is 174 Å². The molecule has 3 atom stereocenters. The Labute approximate surface area is 375 Å². The maximum Gasteiger partial charge on any atom is 0.268 e. The molecule has 2 N–H and O–H groups in total. The molecule has 0 aromatic heterocycles. The minimum absolute atomic E-state index is 0.0115. The Balaban J connectivity index is 4.08. The smallest absolute Gasteiger partial charge is 0.268 e. The quantitative estimate of drug-likeness (QED) is 0.0274. The summed E-state index contributed by atoms with van der Waals surface area (Å²) in [5.74, 6) is -0.219. The fourth-order valence-electron chi connectivity index (χ4n) is 6.21. The molecular formula is C52H91N2O6P. The molecule has 0 aliphatic heterocycles. The first-order valence-electron chi connectivity index (χ1n) is 24.1. The van der Waals surface area contributed by atoms with E-state index < -0.39 is 26.6 Å². The van der Waals surface area contributed by atoms with Crippen LogP contribution in [0.3, 0.4) is 0 Å². The summed E-state index contributed by atoms with van der Waals surface area (Å²) in [6, 6.07) is -0.907. The van der Waals surface area contributed by atoms with Gasteiger partial charge in [0, 0.05) is 6.42 Å². The maximum atomic E-state index is 12.8. The van der Waals surface area contributed by atoms with E-state index in [0.29, 0.717) is 17.4 Å². The number of quaternary nitrogens is 1. The number of nitrogens with one attached hydrogen (secondary N) is 1. The third-order valence-corrected chi connectivity index (χ3v) is 11.0. The number of unbranched alkanes of at least 4 members (excludes halogenated alkanes) is 15. The number of nitrogens with zero attached hydrogens (tertiary/aromatic N) is 1. The van der Waals surface area contributed by atoms with E-state index in [9.17, 15) is 19.4 Å². The van der Waals surface area contributed by atoms with Gasteiger partial charge in [0.05, 0.1) is 39.9 Å². The van der Waals surface area contributed by atoms with E-state index >= 15 is 0 Å². The van der Waals surface area contributed by atoms with Crippen molar-refractivity contribution in [3.63, 3.8) is 0 Å². The van der Waals surface area contributed by atoms with E-state index in [1.54, 1.807) is 6.08 Å². The molecule has 0 heterocycles. The lowest BCUT2D eigenvalue weighted by Crippen LogP contribution is -2.45. The Hall–Kier alpha value is -2.58. The van der Waals surface area contributed by atoms with Crippen molar-refractivity contribution in [3.8, 4) is 0 Å². The zero-order valence-electron chi connectivity index (χ0n) is 39.6. The molecule has 3 unspecified atom stereocenters. The molecule has 0 aliphatic carbocycles. The fraction of sp³-hybridized carbons (Fsp3) is 0.673. The predicted octanol–water partition coefficient (Wildman–Crippen LogP) is 13.3. The Bertz CT molecular complexity index is 1310. The van der Waals surface area contributed by atoms with Gasteiger partial charge in [-0.2, -0.15) is 0 Å². The molecule has 0 saturated heterocycles. The highest BCUT2D eigenvalue weighted by Crippen LogP contribution is 2.38. The number of allylic oxidation sites excluding steroid dienone is 15. The van der Waals surface area contributed by atoms with Crippen LogP contribution in [0, 0.1) is 0 Å². The van der Waals surface area contributed by atoms with E-state index in [-0.39, 0.29) is 12.5 Å². The summed E-state index contributed by atoms with van der Waals surface area (Å²) in [6.07, 6.45) is 60.6. The molecule has 0 bridgehead atoms. The van der Waals surface area contributed by atoms with Gasteiger partial charge in [0.1, 0.15) is 13.2 Å². The standard InChI is InChI=1S/C52H91N2O6P/c1-6-8-10-12-14-16-17-18-19-20-21-22-23-24-25-26-27-28-29-30-31-32-33-34-35-36-37-38-40-42-44-46-52(56)53-50(49-60-61(57,58)59-48-47-54(3,4)5)51(55)45-43-41-39-15-13-11-9-7-2/h8,10,13-16,18-19,21-22,24-25,27-28,43,45,50-51,55H,6-7,9,11-12,17,20,23,26,29-42,44,46-49H2,1-5H3,(H-,53,56,57,58)/b10-8-,15-13+,16-14-,19-18-,22-21-,25-24-,28-27-,45-43+. The number of aliphatic hydroxyl groups excluding tert-OH is 1. The molecule has 0 radical (unpaired) electrons. The lowest BCUT2D eigenvalue weighted by Gasteiger charge is -2.29. The maximum absolute atomic E-state index is 12.8. The second-order valence-electron chi connectivity index (χ2n) is 17.1. The number of hydrogen-bond acceptors (Lipinski definition) is 6. The van der Waals surface area contributed by atoms with Gasteiger partial charge in [-0.1, -0.05) is 188 Å². The van der Waals surface area contributed by atoms with E-state index in [1.165, 1.54) is 70.6 Å². The van der Waals surface area contributed by atoms with Crippen molar-refractivity contribution in [3.05, 3.63) is 97.2 Å². The Morgan fingerprint density at radius 2 is 1.02 bits per heavy atom. The Morgan fingerprint density at radius 3 is 1.52 bits per heavy atom. The zero-order chi connectivity index (χ0) is 45.0. The average Bonchev–Trinajstić information content (AvgIpc) is 3.21. The molecule has 8 nitrogen and oxygen atoms in total. The van der Waals surface area contributed by atoms with Crippen LogP contribution in [-0.2, 0) is 18.4 Å². The molecule has 0 aliphatic rings. The van der Waals surface area contributed by atoms with Gasteiger partial charge in [-0.15, -0.1) is 0 Å². The first-order chi connectivity index (χ1) is 29.5. The second-order valence-corrected chi connectivity index (χ2v) is 18.5. The Morgan fingerprint density at radius 1 is 0.590 bits per heavy atom. The number of carbonyl (C=O) groups excluding carboxylic acids is 1. The number of amides is 1. The van der Waals surface area contributed by atoms with Crippen LogP contribution in [0.5, 0.6) is 0 Å². The third-order valence-electron chi connectivity index (χ3n) is 10.0. The summed E-state index contributed by atoms with van der Waals surface area (Å²) in [4.78, 5) is 25.2. The molecule has 1 amide bonds. The van der Waals surface area contributed by atoms with Gasteiger partial charge in [0.15, 0.2) is 0 Å². The molecule has 0 aromatic carbocycles. The minimum Gasteiger partial charge on any atom is -0.756 e. The van der Waals surface area contributed by atoms with Gasteiger partial charge in [0.2, 0.25) is 5.91 Å². The molecule has 0 rings (SSSR count). The number of rotatable bonds is 42. The van der Waals surface area contributed by atoms with Crippen molar-refractivity contribution >= 4 is 13.7 Å². The van der Waals surface area contributed by atoms with Crippen LogP contribution >= 0.6 is 7.82 Å². The van der Waals surface area contributed by atoms with Crippen LogP contribution in [0.2, 0.25) is 0 Å². The second kappa shape index (κ2) is 42.7. The number of phosphoric ester groups is 1. The van der Waals surface area contributed by atoms with E-state index in [4.69, 9.17) is 9.05 Å². The molecule has 0 spiro atoms. The van der Waals surface area contributed by atoms with Gasteiger partial charge in [-0.25, -0.2) is 0 Å². The van der Waals surface area contributed by atoms with Gasteiger partial charge in [-0.05, 0) is 77.0 Å². The van der Waals surface area contributed by atoms with Crippen molar-refractivity contribution in [1.29, 1.82) is 0 Å². The molecule has 9 heteroatoms. The third kappa shape index (κ3) is 45.3. The summed E-state index contributed by atoms with van der Waals surface area (Å²) in [6.45, 7) is 4.41. The van der Waals surface area contributed by atoms with E-state index in [0.717, 1.165) is 83.5 Å². The Kier molecular flexibility index (Phi) is 40.9. The summed E-state index contributed by atoms with van der Waals surface area (Å²) >= 11 is 0. The average molecular weight is 871 g/mol. The topological polar surface area (TPSA) is 108 Å². The largest absolute Gasteiger partial charge is 0.756 e. The molecule has 0 aromatic rings. The van der Waals surface area contributed by atoms with Crippen molar-refractivity contribution in [1.82, 2.24) is 5.32 Å². The highest BCUT2D eigenvalue weighted by molar-refractivity contribution is 7.45. The van der Waals surface area contributed by atoms with Crippen LogP contribution in [-0.4, -0.2) is 68.5 Å². The van der Waals surface area contributed by atoms with Crippen molar-refractivity contribution in [2.45, 2.75) is 187 Å². The normalized spacial score (nSPS) is 15.1. The van der Waals surface area contributed by atoms with Crippen LogP contribution < -0.4 is 10.2 Å². The van der Waals surface area contributed by atoms with Crippen molar-refractivity contribution in [2.24, 2.45) is 0 Å². The zero-order valence-corrected chi connectivity index (χ0v) is 40.5. The van der Waals surface area contributed by atoms with Crippen LogP contribution in [0.4, 0.5) is 0 Å². The highest BCUT2D eigenvalue weighted by Gasteiger charge is 2.23. The summed E-state index contributed by atoms with van der Waals surface area (Å²) in [5, 5.41) is 13.7. The minimum atomic E-state index is -4.59. The number of hydrogen-bond donors (Lipinski definition) is 2. The lowest BCUT2D eigenvalue weighted by molar-refractivity contribution is -0.870. The SMILES string of the molecule is CC/C=C\C/C=C\C/C=C\C/C=C\C/C=C\C/C=C\CCCCCCCCCCCCCCC(=O)NC(COP(=O)([O-])OCC[N+](C)(C)C)C(O)/C=C/CC/C=C/CCCC. The first-order valence-corrected chi connectivity index (χ1v) is 25.6. The lowest BCUT2D eigenvalue weighted by atomic mass is 10.0. The summed E-state index contributed by atoms with van der Waals surface area (Å²) < 4.78 is 23.1. The summed E-state index contributed by atoms with van der Waals surface area (Å²) in [7, 11) is 1.22. The fourth-order valence-corrected chi connectivity index (χ4v) is 6.94. The van der Waals surface area contributed by atoms with Crippen LogP contribution in [0.25, 0.3) is 0 Å². The number of phosphoric acid groups is 1. The first kappa shape index (κ1) is 58.4. The molecule has 0 saturated carbocycles. The molecule has 350 valence electrons. The van der Waals surface area contributed by atoms with Crippen molar-refractivity contribution in [2.75, 3.05) is 40.9 Å².